The average molecular weight is 169 g/mol. The van der Waals surface area contributed by atoms with Gasteiger partial charge in [0.1, 0.15) is 0 Å². The monoisotopic (exact) mass is 168 g/mol. The lowest BCUT2D eigenvalue weighted by atomic mass is 10.1. The maximum atomic E-state index is 10.5. The van der Waals surface area contributed by atoms with Gasteiger partial charge in [0.05, 0.1) is 5.02 Å². The van der Waals surface area contributed by atoms with Gasteiger partial charge in [-0.2, -0.15) is 0 Å². The number of hydrogen-bond donors (Lipinski definition) is 0. The summed E-state index contributed by atoms with van der Waals surface area (Å²) in [5.74, 6) is 0. The number of hydrogen-bond acceptors (Lipinski definition) is 1. The Morgan fingerprint density at radius 1 is 1.27 bits per heavy atom. The zero-order valence-corrected chi connectivity index (χ0v) is 7.27. The zero-order chi connectivity index (χ0) is 8.43. The maximum absolute atomic E-state index is 10.5. The van der Waals surface area contributed by atoms with E-state index in [0.717, 1.165) is 17.4 Å². The van der Waals surface area contributed by atoms with E-state index in [-0.39, 0.29) is 0 Å². The van der Waals surface area contributed by atoms with E-state index in [2.05, 4.69) is 0 Å². The molecule has 1 rings (SSSR count). The Morgan fingerprint density at radius 2 is 1.82 bits per heavy atom. The molecule has 1 aromatic rings. The molecule has 0 radical (unpaired) electrons. The number of carbonyl (C=O) groups excluding carboxylic acids is 1. The van der Waals surface area contributed by atoms with E-state index in [1.807, 2.05) is 26.0 Å². The van der Waals surface area contributed by atoms with Crippen LogP contribution < -0.4 is 0 Å². The van der Waals surface area contributed by atoms with Crippen molar-refractivity contribution in [2.24, 2.45) is 0 Å². The molecule has 0 saturated heterocycles. The van der Waals surface area contributed by atoms with Crippen LogP contribution in [0.5, 0.6) is 0 Å². The van der Waals surface area contributed by atoms with Crippen LogP contribution in [0.15, 0.2) is 12.1 Å². The summed E-state index contributed by atoms with van der Waals surface area (Å²) >= 11 is 5.87. The topological polar surface area (TPSA) is 17.1 Å². The molecule has 0 aromatic heterocycles. The van der Waals surface area contributed by atoms with Gasteiger partial charge in [0.15, 0.2) is 6.29 Å². The van der Waals surface area contributed by atoms with Crippen molar-refractivity contribution < 1.29 is 4.79 Å². The number of rotatable bonds is 1. The summed E-state index contributed by atoms with van der Waals surface area (Å²) in [7, 11) is 0. The van der Waals surface area contributed by atoms with Crippen LogP contribution in [0.3, 0.4) is 0 Å². The van der Waals surface area contributed by atoms with Crippen LogP contribution >= 0.6 is 11.6 Å². The predicted molar refractivity (Wildman–Crippen MR) is 46.3 cm³/mol. The van der Waals surface area contributed by atoms with Gasteiger partial charge in [-0.3, -0.25) is 4.79 Å². The molecule has 0 unspecified atom stereocenters. The van der Waals surface area contributed by atoms with Crippen molar-refractivity contribution in [3.63, 3.8) is 0 Å². The van der Waals surface area contributed by atoms with Crippen molar-refractivity contribution in [3.05, 3.63) is 33.8 Å². The van der Waals surface area contributed by atoms with Gasteiger partial charge in [-0.15, -0.1) is 0 Å². The smallest absolute Gasteiger partial charge is 0.151 e. The Labute approximate surface area is 71.0 Å². The van der Waals surface area contributed by atoms with Crippen LogP contribution in [0, 0.1) is 13.8 Å². The highest BCUT2D eigenvalue weighted by Gasteiger charge is 2.04. The van der Waals surface area contributed by atoms with Crippen molar-refractivity contribution in [2.45, 2.75) is 13.8 Å². The SMILES string of the molecule is Cc1ccc(C)c(C=O)c1Cl. The van der Waals surface area contributed by atoms with Crippen molar-refractivity contribution in [3.8, 4) is 0 Å². The first-order valence-electron chi connectivity index (χ1n) is 3.37. The van der Waals surface area contributed by atoms with Crippen LogP contribution in [-0.2, 0) is 0 Å². The van der Waals surface area contributed by atoms with Crippen LogP contribution in [0.2, 0.25) is 5.02 Å². The predicted octanol–water partition coefficient (Wildman–Crippen LogP) is 2.77. The largest absolute Gasteiger partial charge is 0.298 e. The van der Waals surface area contributed by atoms with Crippen molar-refractivity contribution in [1.29, 1.82) is 0 Å². The first kappa shape index (κ1) is 8.28. The molecule has 0 bridgehead atoms. The van der Waals surface area contributed by atoms with Gasteiger partial charge in [-0.25, -0.2) is 0 Å². The standard InChI is InChI=1S/C9H9ClO/c1-6-3-4-7(2)9(10)8(6)5-11/h3-5H,1-2H3. The van der Waals surface area contributed by atoms with Crippen molar-refractivity contribution >= 4 is 17.9 Å². The molecule has 1 nitrogen and oxygen atoms in total. The lowest BCUT2D eigenvalue weighted by Crippen LogP contribution is -1.89. The minimum atomic E-state index is 0.569. The fraction of sp³-hybridized carbons (Fsp3) is 0.222. The zero-order valence-electron chi connectivity index (χ0n) is 6.52. The second-order valence-corrected chi connectivity index (χ2v) is 2.92. The Bertz CT molecular complexity index is 292. The van der Waals surface area contributed by atoms with Gasteiger partial charge < -0.3 is 0 Å². The fourth-order valence-electron chi connectivity index (χ4n) is 0.943. The van der Waals surface area contributed by atoms with Gasteiger partial charge in [0.2, 0.25) is 0 Å². The summed E-state index contributed by atoms with van der Waals surface area (Å²) in [6.45, 7) is 3.75. The molecule has 0 aliphatic carbocycles. The van der Waals surface area contributed by atoms with E-state index in [9.17, 15) is 4.79 Å². The second-order valence-electron chi connectivity index (χ2n) is 2.54. The summed E-state index contributed by atoms with van der Waals surface area (Å²) in [5.41, 5.74) is 2.47. The minimum Gasteiger partial charge on any atom is -0.298 e. The Balaban J connectivity index is 3.40. The molecule has 0 spiro atoms. The third kappa shape index (κ3) is 1.43. The highest BCUT2D eigenvalue weighted by atomic mass is 35.5. The number of carbonyl (C=O) groups is 1. The molecule has 0 heterocycles. The molecular weight excluding hydrogens is 160 g/mol. The molecule has 1 aromatic carbocycles. The molecule has 0 atom stereocenters. The molecule has 11 heavy (non-hydrogen) atoms. The summed E-state index contributed by atoms with van der Waals surface area (Å²) in [5, 5.41) is 0.569. The van der Waals surface area contributed by atoms with E-state index < -0.39 is 0 Å². The van der Waals surface area contributed by atoms with Gasteiger partial charge >= 0.3 is 0 Å². The Hall–Kier alpha value is -0.820. The third-order valence-electron chi connectivity index (χ3n) is 1.71. The van der Waals surface area contributed by atoms with Crippen LogP contribution in [0.4, 0.5) is 0 Å². The van der Waals surface area contributed by atoms with E-state index in [4.69, 9.17) is 11.6 Å². The first-order valence-corrected chi connectivity index (χ1v) is 3.75. The van der Waals surface area contributed by atoms with Crippen LogP contribution in [0.25, 0.3) is 0 Å². The second kappa shape index (κ2) is 3.05. The summed E-state index contributed by atoms with van der Waals surface area (Å²) < 4.78 is 0. The van der Waals surface area contributed by atoms with E-state index in [1.165, 1.54) is 0 Å². The van der Waals surface area contributed by atoms with Gasteiger partial charge in [0.25, 0.3) is 0 Å². The number of aryl methyl sites for hydroxylation is 2. The van der Waals surface area contributed by atoms with Gasteiger partial charge in [-0.1, -0.05) is 23.7 Å². The first-order chi connectivity index (χ1) is 5.16. The molecule has 0 aliphatic heterocycles. The third-order valence-corrected chi connectivity index (χ3v) is 2.21. The maximum Gasteiger partial charge on any atom is 0.151 e. The van der Waals surface area contributed by atoms with E-state index in [1.54, 1.807) is 0 Å². The number of benzene rings is 1. The van der Waals surface area contributed by atoms with Crippen molar-refractivity contribution in [2.75, 3.05) is 0 Å². The quantitative estimate of drug-likeness (QED) is 0.590. The molecule has 2 heteroatoms. The highest BCUT2D eigenvalue weighted by Crippen LogP contribution is 2.21. The van der Waals surface area contributed by atoms with Gasteiger partial charge in [-0.05, 0) is 25.0 Å². The summed E-state index contributed by atoms with van der Waals surface area (Å²) in [4.78, 5) is 10.5. The lowest BCUT2D eigenvalue weighted by Gasteiger charge is -2.03. The molecule has 0 fully saturated rings. The van der Waals surface area contributed by atoms with Gasteiger partial charge in [0, 0.05) is 5.56 Å². The molecule has 0 amide bonds. The number of halogens is 1. The minimum absolute atomic E-state index is 0.569. The van der Waals surface area contributed by atoms with E-state index in [0.29, 0.717) is 10.6 Å². The molecular formula is C9H9ClO. The van der Waals surface area contributed by atoms with Crippen LogP contribution in [-0.4, -0.2) is 6.29 Å². The molecule has 58 valence electrons. The molecule has 0 saturated carbocycles. The van der Waals surface area contributed by atoms with Crippen molar-refractivity contribution in [1.82, 2.24) is 0 Å². The van der Waals surface area contributed by atoms with E-state index >= 15 is 0 Å². The Morgan fingerprint density at radius 3 is 2.27 bits per heavy atom. The van der Waals surface area contributed by atoms with Crippen LogP contribution in [0.1, 0.15) is 21.5 Å². The normalized spacial score (nSPS) is 9.73. The lowest BCUT2D eigenvalue weighted by molar-refractivity contribution is 0.112. The summed E-state index contributed by atoms with van der Waals surface area (Å²) in [6, 6.07) is 3.80. The summed E-state index contributed by atoms with van der Waals surface area (Å²) in [6.07, 6.45) is 0.796. The Kier molecular flexibility index (Phi) is 2.30. The number of aldehydes is 1. The fourth-order valence-corrected chi connectivity index (χ4v) is 1.20. The molecule has 0 aliphatic rings. The molecule has 0 N–H and O–H groups in total. The average Bonchev–Trinajstić information content (AvgIpc) is 1.99. The highest BCUT2D eigenvalue weighted by molar-refractivity contribution is 6.33.